The number of phenolic OH excluding ortho intramolecular Hbond substituents is 1. The van der Waals surface area contributed by atoms with Gasteiger partial charge in [0, 0.05) is 6.92 Å². The van der Waals surface area contributed by atoms with Gasteiger partial charge >= 0.3 is 5.97 Å². The minimum absolute atomic E-state index is 0.0806. The van der Waals surface area contributed by atoms with E-state index in [0.29, 0.717) is 0 Å². The second kappa shape index (κ2) is 4.65. The van der Waals surface area contributed by atoms with Crippen LogP contribution in [0.25, 0.3) is 0 Å². The minimum atomic E-state index is -0.602. The van der Waals surface area contributed by atoms with E-state index < -0.39 is 5.97 Å². The quantitative estimate of drug-likeness (QED) is 0.479. The van der Waals surface area contributed by atoms with Crippen molar-refractivity contribution in [3.63, 3.8) is 0 Å². The fourth-order valence-corrected chi connectivity index (χ4v) is 1.24. The maximum absolute atomic E-state index is 11.2. The number of Topliss-reactive ketones (excluding diaryl/α,β-unsaturated/α-hetero) is 1. The van der Waals surface area contributed by atoms with E-state index in [1.165, 1.54) is 33.1 Å². The van der Waals surface area contributed by atoms with Crippen LogP contribution in [-0.2, 0) is 4.79 Å². The van der Waals surface area contributed by atoms with Crippen LogP contribution in [0.3, 0.4) is 0 Å². The van der Waals surface area contributed by atoms with Crippen LogP contribution in [-0.4, -0.2) is 24.0 Å². The fraction of sp³-hybridized carbons (Fsp3) is 0.273. The molecule has 5 heteroatoms. The normalized spacial score (nSPS) is 9.69. The Morgan fingerprint density at radius 3 is 2.31 bits per heavy atom. The lowest BCUT2D eigenvalue weighted by atomic mass is 10.1. The number of hydrogen-bond acceptors (Lipinski definition) is 5. The number of aromatic hydroxyl groups is 1. The highest BCUT2D eigenvalue weighted by Gasteiger charge is 2.18. The average molecular weight is 224 g/mol. The molecular weight excluding hydrogens is 212 g/mol. The Hall–Kier alpha value is -2.04. The maximum Gasteiger partial charge on any atom is 0.308 e. The van der Waals surface area contributed by atoms with E-state index in [4.69, 9.17) is 9.47 Å². The van der Waals surface area contributed by atoms with E-state index >= 15 is 0 Å². The van der Waals surface area contributed by atoms with Gasteiger partial charge in [0.05, 0.1) is 12.7 Å². The van der Waals surface area contributed by atoms with Crippen LogP contribution in [0.1, 0.15) is 24.2 Å². The molecule has 0 radical (unpaired) electrons. The van der Waals surface area contributed by atoms with Crippen LogP contribution in [0.5, 0.6) is 17.2 Å². The van der Waals surface area contributed by atoms with E-state index in [2.05, 4.69) is 0 Å². The lowest BCUT2D eigenvalue weighted by Gasteiger charge is -2.11. The third kappa shape index (κ3) is 2.31. The number of esters is 1. The van der Waals surface area contributed by atoms with Crippen molar-refractivity contribution in [2.45, 2.75) is 13.8 Å². The molecule has 16 heavy (non-hydrogen) atoms. The Morgan fingerprint density at radius 1 is 1.25 bits per heavy atom. The number of carbonyl (C=O) groups is 2. The van der Waals surface area contributed by atoms with Gasteiger partial charge in [0.15, 0.2) is 17.3 Å². The van der Waals surface area contributed by atoms with E-state index in [9.17, 15) is 14.7 Å². The zero-order chi connectivity index (χ0) is 12.3. The third-order valence-electron chi connectivity index (χ3n) is 1.94. The van der Waals surface area contributed by atoms with Gasteiger partial charge in [0.25, 0.3) is 0 Å². The number of benzene rings is 1. The summed E-state index contributed by atoms with van der Waals surface area (Å²) < 4.78 is 9.70. The molecule has 0 fully saturated rings. The van der Waals surface area contributed by atoms with Crippen molar-refractivity contribution < 1.29 is 24.2 Å². The summed E-state index contributed by atoms with van der Waals surface area (Å²) in [5.74, 6) is -1.26. The number of carbonyl (C=O) groups excluding carboxylic acids is 2. The largest absolute Gasteiger partial charge is 0.504 e. The van der Waals surface area contributed by atoms with E-state index in [1.54, 1.807) is 0 Å². The highest BCUT2D eigenvalue weighted by Crippen LogP contribution is 2.39. The second-order valence-corrected chi connectivity index (χ2v) is 3.14. The highest BCUT2D eigenvalue weighted by atomic mass is 16.6. The van der Waals surface area contributed by atoms with Crippen LogP contribution in [0.15, 0.2) is 12.1 Å². The van der Waals surface area contributed by atoms with Gasteiger partial charge in [-0.1, -0.05) is 0 Å². The molecule has 0 heterocycles. The van der Waals surface area contributed by atoms with Crippen LogP contribution >= 0.6 is 0 Å². The number of rotatable bonds is 3. The molecule has 0 aliphatic rings. The lowest BCUT2D eigenvalue weighted by molar-refractivity contribution is -0.132. The molecule has 0 atom stereocenters. The standard InChI is InChI=1S/C11H12O5/c1-6(12)8-4-5-9(15-3)11(10(8)14)16-7(2)13/h4-5,14H,1-3H3. The fourth-order valence-electron chi connectivity index (χ4n) is 1.24. The summed E-state index contributed by atoms with van der Waals surface area (Å²) >= 11 is 0. The van der Waals surface area contributed by atoms with Gasteiger partial charge in [-0.3, -0.25) is 9.59 Å². The smallest absolute Gasteiger partial charge is 0.308 e. The summed E-state index contributed by atoms with van der Waals surface area (Å²) in [7, 11) is 1.37. The van der Waals surface area contributed by atoms with Crippen molar-refractivity contribution in [1.29, 1.82) is 0 Å². The molecule has 0 aliphatic heterocycles. The van der Waals surface area contributed by atoms with Gasteiger partial charge in [0.1, 0.15) is 0 Å². The first-order valence-corrected chi connectivity index (χ1v) is 4.56. The van der Waals surface area contributed by atoms with Crippen LogP contribution in [0.4, 0.5) is 0 Å². The molecule has 0 amide bonds. The first-order chi connectivity index (χ1) is 7.47. The van der Waals surface area contributed by atoms with Crippen LogP contribution in [0.2, 0.25) is 0 Å². The molecule has 86 valence electrons. The van der Waals surface area contributed by atoms with E-state index in [0.717, 1.165) is 0 Å². The Labute approximate surface area is 92.6 Å². The summed E-state index contributed by atoms with van der Waals surface area (Å²) in [6.07, 6.45) is 0. The summed E-state index contributed by atoms with van der Waals surface area (Å²) in [5, 5.41) is 9.74. The van der Waals surface area contributed by atoms with Gasteiger partial charge < -0.3 is 14.6 Å². The third-order valence-corrected chi connectivity index (χ3v) is 1.94. The predicted molar refractivity (Wildman–Crippen MR) is 56.0 cm³/mol. The lowest BCUT2D eigenvalue weighted by Crippen LogP contribution is -2.05. The highest BCUT2D eigenvalue weighted by molar-refractivity contribution is 5.98. The number of hydrogen-bond donors (Lipinski definition) is 1. The summed E-state index contributed by atoms with van der Waals surface area (Å²) in [6.45, 7) is 2.50. The van der Waals surface area contributed by atoms with Crippen molar-refractivity contribution in [3.8, 4) is 17.2 Å². The van der Waals surface area contributed by atoms with Crippen molar-refractivity contribution in [2.75, 3.05) is 7.11 Å². The molecule has 1 rings (SSSR count). The van der Waals surface area contributed by atoms with Gasteiger partial charge in [-0.2, -0.15) is 0 Å². The molecule has 1 aromatic carbocycles. The summed E-state index contributed by atoms with van der Waals surface area (Å²) in [5.41, 5.74) is 0.0806. The average Bonchev–Trinajstić information content (AvgIpc) is 2.19. The number of ketones is 1. The Balaban J connectivity index is 3.34. The van der Waals surface area contributed by atoms with E-state index in [-0.39, 0.29) is 28.6 Å². The minimum Gasteiger partial charge on any atom is -0.504 e. The second-order valence-electron chi connectivity index (χ2n) is 3.14. The molecule has 0 saturated heterocycles. The summed E-state index contributed by atoms with van der Waals surface area (Å²) in [4.78, 5) is 22.0. The SMILES string of the molecule is COc1ccc(C(C)=O)c(O)c1OC(C)=O. The number of phenols is 1. The van der Waals surface area contributed by atoms with Gasteiger partial charge in [-0.25, -0.2) is 0 Å². The van der Waals surface area contributed by atoms with Gasteiger partial charge in [-0.15, -0.1) is 0 Å². The molecular formula is C11H12O5. The molecule has 1 N–H and O–H groups in total. The van der Waals surface area contributed by atoms with Crippen molar-refractivity contribution in [2.24, 2.45) is 0 Å². The molecule has 5 nitrogen and oxygen atoms in total. The predicted octanol–water partition coefficient (Wildman–Crippen LogP) is 1.53. The van der Waals surface area contributed by atoms with Gasteiger partial charge in [-0.05, 0) is 19.1 Å². The number of ether oxygens (including phenoxy) is 2. The molecule has 1 aromatic rings. The molecule has 0 aliphatic carbocycles. The molecule has 0 spiro atoms. The van der Waals surface area contributed by atoms with Crippen molar-refractivity contribution in [3.05, 3.63) is 17.7 Å². The Morgan fingerprint density at radius 2 is 1.88 bits per heavy atom. The molecule has 0 unspecified atom stereocenters. The number of methoxy groups -OCH3 is 1. The first kappa shape index (κ1) is 12.0. The van der Waals surface area contributed by atoms with Crippen molar-refractivity contribution >= 4 is 11.8 Å². The monoisotopic (exact) mass is 224 g/mol. The Kier molecular flexibility index (Phi) is 3.50. The molecule has 0 saturated carbocycles. The van der Waals surface area contributed by atoms with Crippen LogP contribution < -0.4 is 9.47 Å². The topological polar surface area (TPSA) is 72.8 Å². The van der Waals surface area contributed by atoms with Crippen molar-refractivity contribution in [1.82, 2.24) is 0 Å². The van der Waals surface area contributed by atoms with E-state index in [1.807, 2.05) is 0 Å². The molecule has 0 bridgehead atoms. The Bertz CT molecular complexity index is 436. The maximum atomic E-state index is 11.2. The van der Waals surface area contributed by atoms with Crippen LogP contribution in [0, 0.1) is 0 Å². The molecule has 0 aromatic heterocycles. The zero-order valence-electron chi connectivity index (χ0n) is 9.23. The first-order valence-electron chi connectivity index (χ1n) is 4.56. The summed E-state index contributed by atoms with van der Waals surface area (Å²) in [6, 6.07) is 2.86. The zero-order valence-corrected chi connectivity index (χ0v) is 9.23. The van der Waals surface area contributed by atoms with Gasteiger partial charge in [0.2, 0.25) is 5.75 Å².